The fraction of sp³-hybridized carbons (Fsp3) is 0.320. The third-order valence-electron chi connectivity index (χ3n) is 5.39. The monoisotopic (exact) mass is 439 g/mol. The zero-order valence-corrected chi connectivity index (χ0v) is 18.6. The number of anilines is 1. The van der Waals surface area contributed by atoms with Crippen molar-refractivity contribution in [2.75, 3.05) is 5.32 Å². The van der Waals surface area contributed by atoms with E-state index in [0.29, 0.717) is 22.0 Å². The molecule has 3 rings (SSSR count). The fourth-order valence-corrected chi connectivity index (χ4v) is 4.44. The van der Waals surface area contributed by atoms with E-state index in [4.69, 9.17) is 0 Å². The molecule has 6 heteroatoms. The lowest BCUT2D eigenvalue weighted by molar-refractivity contribution is 0.102. The average Bonchev–Trinajstić information content (AvgIpc) is 2.75. The predicted molar refractivity (Wildman–Crippen MR) is 125 cm³/mol. The number of amides is 1. The first kappa shape index (κ1) is 23.0. The van der Waals surface area contributed by atoms with Crippen LogP contribution in [0.3, 0.4) is 0 Å². The van der Waals surface area contributed by atoms with E-state index in [1.807, 2.05) is 12.1 Å². The Morgan fingerprint density at radius 2 is 1.58 bits per heavy atom. The van der Waals surface area contributed by atoms with Crippen molar-refractivity contribution in [1.29, 1.82) is 0 Å². The minimum absolute atomic E-state index is 0.227. The summed E-state index contributed by atoms with van der Waals surface area (Å²) in [6.07, 6.45) is 8.48. The number of nitrogens with one attached hydrogen (secondary N) is 1. The Morgan fingerprint density at radius 3 is 2.29 bits per heavy atom. The number of unbranched alkanes of at least 4 members (excludes halogenated alkanes) is 5. The highest BCUT2D eigenvalue weighted by Gasteiger charge is 2.16. The Kier molecular flexibility index (Phi) is 7.82. The highest BCUT2D eigenvalue weighted by Crippen LogP contribution is 2.27. The normalized spacial score (nSPS) is 11.5. The van der Waals surface area contributed by atoms with Gasteiger partial charge in [0, 0.05) is 16.6 Å². The summed E-state index contributed by atoms with van der Waals surface area (Å²) in [5.74, 6) is -0.331. The number of carbonyl (C=O) groups is 1. The van der Waals surface area contributed by atoms with Gasteiger partial charge in [0.1, 0.15) is 4.90 Å². The molecule has 0 atom stereocenters. The lowest BCUT2D eigenvalue weighted by atomic mass is 10.0. The number of aryl methyl sites for hydroxylation is 1. The molecule has 164 valence electrons. The van der Waals surface area contributed by atoms with E-state index in [1.165, 1.54) is 43.7 Å². The van der Waals surface area contributed by atoms with Gasteiger partial charge in [0.15, 0.2) is 0 Å². The van der Waals surface area contributed by atoms with Crippen molar-refractivity contribution in [2.24, 2.45) is 0 Å². The highest BCUT2D eigenvalue weighted by molar-refractivity contribution is 7.86. The summed E-state index contributed by atoms with van der Waals surface area (Å²) in [7, 11) is -4.43. The lowest BCUT2D eigenvalue weighted by Gasteiger charge is -2.10. The third kappa shape index (κ3) is 6.39. The number of fused-ring (bicyclic) bond motifs is 1. The Balaban J connectivity index is 1.67. The zero-order chi connectivity index (χ0) is 22.3. The van der Waals surface area contributed by atoms with Gasteiger partial charge in [-0.25, -0.2) is 0 Å². The van der Waals surface area contributed by atoms with Gasteiger partial charge in [-0.05, 0) is 48.1 Å². The smallest absolute Gasteiger partial charge is 0.295 e. The van der Waals surface area contributed by atoms with Gasteiger partial charge in [-0.1, -0.05) is 75.4 Å². The maximum Gasteiger partial charge on any atom is 0.295 e. The molecular weight excluding hydrogens is 410 g/mol. The molecule has 1 amide bonds. The Morgan fingerprint density at radius 1 is 0.903 bits per heavy atom. The Bertz CT molecular complexity index is 1140. The van der Waals surface area contributed by atoms with E-state index in [9.17, 15) is 17.8 Å². The van der Waals surface area contributed by atoms with Crippen LogP contribution in [0.1, 0.15) is 61.4 Å². The molecule has 5 nitrogen and oxygen atoms in total. The van der Waals surface area contributed by atoms with E-state index in [-0.39, 0.29) is 10.8 Å². The molecule has 0 radical (unpaired) electrons. The summed E-state index contributed by atoms with van der Waals surface area (Å²) < 4.78 is 33.2. The molecule has 0 aliphatic carbocycles. The van der Waals surface area contributed by atoms with Gasteiger partial charge in [-0.15, -0.1) is 0 Å². The van der Waals surface area contributed by atoms with Crippen LogP contribution in [0.25, 0.3) is 10.8 Å². The zero-order valence-electron chi connectivity index (χ0n) is 17.8. The summed E-state index contributed by atoms with van der Waals surface area (Å²) in [6, 6.07) is 17.3. The van der Waals surface area contributed by atoms with Crippen molar-refractivity contribution in [3.8, 4) is 0 Å². The van der Waals surface area contributed by atoms with E-state index in [0.717, 1.165) is 12.8 Å². The van der Waals surface area contributed by atoms with Crippen LogP contribution in [0.5, 0.6) is 0 Å². The first-order valence-electron chi connectivity index (χ1n) is 10.8. The van der Waals surface area contributed by atoms with Crippen molar-refractivity contribution >= 4 is 32.5 Å². The Hall–Kier alpha value is -2.70. The summed E-state index contributed by atoms with van der Waals surface area (Å²) >= 11 is 0. The summed E-state index contributed by atoms with van der Waals surface area (Å²) in [6.45, 7) is 2.21. The van der Waals surface area contributed by atoms with Gasteiger partial charge in [-0.2, -0.15) is 8.42 Å². The van der Waals surface area contributed by atoms with Crippen LogP contribution in [-0.4, -0.2) is 18.9 Å². The molecule has 3 aromatic rings. The number of hydrogen-bond acceptors (Lipinski definition) is 3. The first-order valence-corrected chi connectivity index (χ1v) is 12.2. The van der Waals surface area contributed by atoms with Crippen molar-refractivity contribution in [1.82, 2.24) is 0 Å². The molecule has 0 aliphatic heterocycles. The molecule has 0 bridgehead atoms. The molecule has 0 saturated carbocycles. The summed E-state index contributed by atoms with van der Waals surface area (Å²) in [5, 5.41) is 3.76. The second-order valence-corrected chi connectivity index (χ2v) is 9.23. The van der Waals surface area contributed by atoms with Crippen LogP contribution >= 0.6 is 0 Å². The predicted octanol–water partition coefficient (Wildman–Crippen LogP) is 6.24. The van der Waals surface area contributed by atoms with Crippen LogP contribution < -0.4 is 5.32 Å². The van der Waals surface area contributed by atoms with Crippen LogP contribution in [0.15, 0.2) is 65.6 Å². The average molecular weight is 440 g/mol. The van der Waals surface area contributed by atoms with Crippen molar-refractivity contribution < 1.29 is 17.8 Å². The van der Waals surface area contributed by atoms with E-state index >= 15 is 0 Å². The second kappa shape index (κ2) is 10.6. The maximum absolute atomic E-state index is 12.7. The Labute approximate surface area is 184 Å². The minimum atomic E-state index is -4.43. The van der Waals surface area contributed by atoms with Gasteiger partial charge in [0.2, 0.25) is 0 Å². The molecule has 2 N–H and O–H groups in total. The molecule has 0 fully saturated rings. The highest BCUT2D eigenvalue weighted by atomic mass is 32.2. The number of carbonyl (C=O) groups excluding carboxylic acids is 1. The molecular formula is C25H29NO4S. The van der Waals surface area contributed by atoms with E-state index in [1.54, 1.807) is 42.5 Å². The molecule has 31 heavy (non-hydrogen) atoms. The fourth-order valence-electron chi connectivity index (χ4n) is 3.70. The molecule has 0 aliphatic rings. The summed E-state index contributed by atoms with van der Waals surface area (Å²) in [4.78, 5) is 12.4. The van der Waals surface area contributed by atoms with Crippen molar-refractivity contribution in [3.05, 3.63) is 71.8 Å². The standard InChI is InChI=1S/C25H29NO4S/c1-2-3-4-5-6-7-10-19-13-15-20(16-14-19)25(27)26-22-17-21-11-8-9-12-23(21)24(18-22)31(28,29)30/h8-9,11-18H,2-7,10H2,1H3,(H,26,27)(H,28,29,30). The quantitative estimate of drug-likeness (QED) is 0.289. The van der Waals surface area contributed by atoms with Crippen LogP contribution in [0, 0.1) is 0 Å². The van der Waals surface area contributed by atoms with Gasteiger partial charge in [0.05, 0.1) is 0 Å². The number of rotatable bonds is 10. The minimum Gasteiger partial charge on any atom is -0.322 e. The van der Waals surface area contributed by atoms with E-state index in [2.05, 4.69) is 12.2 Å². The second-order valence-electron chi connectivity index (χ2n) is 7.84. The third-order valence-corrected chi connectivity index (χ3v) is 6.29. The number of benzene rings is 3. The van der Waals surface area contributed by atoms with Crippen LogP contribution in [0.4, 0.5) is 5.69 Å². The SMILES string of the molecule is CCCCCCCCc1ccc(C(=O)Nc2cc(S(=O)(=O)O)c3ccccc3c2)cc1. The molecule has 0 unspecified atom stereocenters. The maximum atomic E-state index is 12.7. The van der Waals surface area contributed by atoms with Gasteiger partial charge < -0.3 is 5.32 Å². The van der Waals surface area contributed by atoms with Gasteiger partial charge in [0.25, 0.3) is 16.0 Å². The first-order chi connectivity index (χ1) is 14.9. The molecule has 0 spiro atoms. The molecule has 0 aromatic heterocycles. The molecule has 0 saturated heterocycles. The van der Waals surface area contributed by atoms with Crippen molar-refractivity contribution in [2.45, 2.75) is 56.8 Å². The molecule has 0 heterocycles. The van der Waals surface area contributed by atoms with E-state index < -0.39 is 10.1 Å². The van der Waals surface area contributed by atoms with Gasteiger partial charge in [-0.3, -0.25) is 9.35 Å². The largest absolute Gasteiger partial charge is 0.322 e. The van der Waals surface area contributed by atoms with Crippen LogP contribution in [-0.2, 0) is 16.5 Å². The number of hydrogen-bond donors (Lipinski definition) is 2. The van der Waals surface area contributed by atoms with Crippen molar-refractivity contribution in [3.63, 3.8) is 0 Å². The topological polar surface area (TPSA) is 83.5 Å². The van der Waals surface area contributed by atoms with Gasteiger partial charge >= 0.3 is 0 Å². The molecule has 3 aromatic carbocycles. The van der Waals surface area contributed by atoms with Crippen LogP contribution in [0.2, 0.25) is 0 Å². The summed E-state index contributed by atoms with van der Waals surface area (Å²) in [5.41, 5.74) is 2.01. The lowest BCUT2D eigenvalue weighted by Crippen LogP contribution is -2.12.